The van der Waals surface area contributed by atoms with Crippen molar-refractivity contribution in [2.45, 2.75) is 25.0 Å². The molecule has 0 aliphatic carbocycles. The van der Waals surface area contributed by atoms with Crippen LogP contribution in [0.25, 0.3) is 0 Å². The lowest BCUT2D eigenvalue weighted by molar-refractivity contribution is -0.274. The number of amides is 1. The van der Waals surface area contributed by atoms with Gasteiger partial charge in [0.2, 0.25) is 5.91 Å². The first-order chi connectivity index (χ1) is 9.10. The van der Waals surface area contributed by atoms with Crippen molar-refractivity contribution >= 4 is 21.8 Å². The highest BCUT2D eigenvalue weighted by molar-refractivity contribution is 9.10. The molecule has 0 aliphatic heterocycles. The summed E-state index contributed by atoms with van der Waals surface area (Å²) in [5.41, 5.74) is 4.98. The molecule has 9 heteroatoms. The Morgan fingerprint density at radius 2 is 2.00 bits per heavy atom. The predicted octanol–water partition coefficient (Wildman–Crippen LogP) is 1.62. The number of nitrogens with two attached hydrogens (primary N) is 1. The second-order valence-electron chi connectivity index (χ2n) is 3.91. The van der Waals surface area contributed by atoms with E-state index < -0.39 is 36.6 Å². The Kier molecular flexibility index (Phi) is 5.37. The van der Waals surface area contributed by atoms with Gasteiger partial charge in [-0.25, -0.2) is 0 Å². The van der Waals surface area contributed by atoms with Gasteiger partial charge in [-0.2, -0.15) is 0 Å². The van der Waals surface area contributed by atoms with E-state index in [-0.39, 0.29) is 10.0 Å². The Hall–Kier alpha value is -1.32. The molecule has 0 spiro atoms. The lowest BCUT2D eigenvalue weighted by Crippen LogP contribution is -2.26. The standard InChI is InChI=1S/C11H11BrF3NO4/c12-7-3-5(20-11(13,14)15)1-2-6(7)10(19)8(17)4-9(16)18/h1-3,8,10,17,19H,4H2,(H2,16,18). The second-order valence-corrected chi connectivity index (χ2v) is 4.77. The Morgan fingerprint density at radius 1 is 1.40 bits per heavy atom. The summed E-state index contributed by atoms with van der Waals surface area (Å²) in [6.45, 7) is 0. The van der Waals surface area contributed by atoms with Crippen LogP contribution in [0.5, 0.6) is 5.75 Å². The van der Waals surface area contributed by atoms with Crippen LogP contribution in [-0.2, 0) is 4.79 Å². The molecule has 1 aromatic carbocycles. The summed E-state index contributed by atoms with van der Waals surface area (Å²) >= 11 is 2.96. The summed E-state index contributed by atoms with van der Waals surface area (Å²) in [6, 6.07) is 3.11. The van der Waals surface area contributed by atoms with E-state index in [1.54, 1.807) is 0 Å². The summed E-state index contributed by atoms with van der Waals surface area (Å²) in [7, 11) is 0. The largest absolute Gasteiger partial charge is 0.573 e. The van der Waals surface area contributed by atoms with E-state index in [2.05, 4.69) is 20.7 Å². The molecule has 0 saturated heterocycles. The highest BCUT2D eigenvalue weighted by Gasteiger charge is 2.31. The van der Waals surface area contributed by atoms with E-state index in [0.717, 1.165) is 18.2 Å². The zero-order chi connectivity index (χ0) is 15.5. The molecule has 2 unspecified atom stereocenters. The van der Waals surface area contributed by atoms with Crippen LogP contribution in [0, 0.1) is 0 Å². The van der Waals surface area contributed by atoms with Gasteiger partial charge in [0.05, 0.1) is 12.5 Å². The van der Waals surface area contributed by atoms with Gasteiger partial charge in [-0.05, 0) is 17.7 Å². The van der Waals surface area contributed by atoms with Gasteiger partial charge < -0.3 is 20.7 Å². The average molecular weight is 358 g/mol. The number of primary amides is 1. The first kappa shape index (κ1) is 16.7. The zero-order valence-corrected chi connectivity index (χ0v) is 11.5. The predicted molar refractivity (Wildman–Crippen MR) is 65.6 cm³/mol. The summed E-state index contributed by atoms with van der Waals surface area (Å²) in [6.07, 6.45) is -8.24. The molecule has 2 atom stereocenters. The van der Waals surface area contributed by atoms with Crippen molar-refractivity contribution in [1.29, 1.82) is 0 Å². The quantitative estimate of drug-likeness (QED) is 0.746. The Bertz CT molecular complexity index is 495. The minimum atomic E-state index is -4.83. The molecule has 0 radical (unpaired) electrons. The molecule has 1 rings (SSSR count). The molecule has 0 aromatic heterocycles. The van der Waals surface area contributed by atoms with Gasteiger partial charge in [0, 0.05) is 4.47 Å². The average Bonchev–Trinajstić information content (AvgIpc) is 2.25. The number of hydrogen-bond donors (Lipinski definition) is 3. The first-order valence-corrected chi connectivity index (χ1v) is 6.09. The highest BCUT2D eigenvalue weighted by atomic mass is 79.9. The summed E-state index contributed by atoms with van der Waals surface area (Å²) in [5.74, 6) is -1.30. The number of aliphatic hydroxyl groups excluding tert-OH is 2. The van der Waals surface area contributed by atoms with E-state index in [1.165, 1.54) is 0 Å². The van der Waals surface area contributed by atoms with Gasteiger partial charge in [-0.15, -0.1) is 13.2 Å². The molecule has 0 aliphatic rings. The fourth-order valence-corrected chi connectivity index (χ4v) is 2.06. The second kappa shape index (κ2) is 6.42. The van der Waals surface area contributed by atoms with Gasteiger partial charge in [0.25, 0.3) is 0 Å². The topological polar surface area (TPSA) is 92.8 Å². The summed E-state index contributed by atoms with van der Waals surface area (Å²) in [4.78, 5) is 10.6. The van der Waals surface area contributed by atoms with Crippen molar-refractivity contribution in [3.05, 3.63) is 28.2 Å². The fraction of sp³-hybridized carbons (Fsp3) is 0.364. The van der Waals surface area contributed by atoms with Gasteiger partial charge in [-0.1, -0.05) is 22.0 Å². The molecule has 20 heavy (non-hydrogen) atoms. The number of benzene rings is 1. The van der Waals surface area contributed by atoms with Gasteiger partial charge in [0.15, 0.2) is 0 Å². The maximum absolute atomic E-state index is 12.0. The van der Waals surface area contributed by atoms with Crippen LogP contribution < -0.4 is 10.5 Å². The van der Waals surface area contributed by atoms with E-state index in [9.17, 15) is 28.2 Å². The lowest BCUT2D eigenvalue weighted by Gasteiger charge is -2.19. The van der Waals surface area contributed by atoms with E-state index >= 15 is 0 Å². The van der Waals surface area contributed by atoms with Crippen molar-refractivity contribution in [2.75, 3.05) is 0 Å². The minimum Gasteiger partial charge on any atom is -0.406 e. The third-order valence-electron chi connectivity index (χ3n) is 2.30. The number of alkyl halides is 3. The van der Waals surface area contributed by atoms with Crippen molar-refractivity contribution < 1.29 is 32.9 Å². The smallest absolute Gasteiger partial charge is 0.406 e. The van der Waals surface area contributed by atoms with Crippen molar-refractivity contribution in [2.24, 2.45) is 5.73 Å². The van der Waals surface area contributed by atoms with E-state index in [4.69, 9.17) is 5.73 Å². The summed E-state index contributed by atoms with van der Waals surface area (Å²) < 4.78 is 39.9. The van der Waals surface area contributed by atoms with Crippen LogP contribution in [0.3, 0.4) is 0 Å². The number of carbonyl (C=O) groups excluding carboxylic acids is 1. The number of carbonyl (C=O) groups is 1. The van der Waals surface area contributed by atoms with Crippen LogP contribution in [0.1, 0.15) is 18.1 Å². The number of hydrogen-bond acceptors (Lipinski definition) is 4. The van der Waals surface area contributed by atoms with Crippen LogP contribution in [0.15, 0.2) is 22.7 Å². The van der Waals surface area contributed by atoms with Crippen LogP contribution in [0.4, 0.5) is 13.2 Å². The Balaban J connectivity index is 2.90. The lowest BCUT2D eigenvalue weighted by atomic mass is 10.0. The van der Waals surface area contributed by atoms with Crippen molar-refractivity contribution in [1.82, 2.24) is 0 Å². The first-order valence-electron chi connectivity index (χ1n) is 5.30. The number of aliphatic hydroxyl groups is 2. The molecular weight excluding hydrogens is 347 g/mol. The number of halogens is 4. The van der Waals surface area contributed by atoms with Crippen LogP contribution in [0.2, 0.25) is 0 Å². The molecule has 1 aromatic rings. The Morgan fingerprint density at radius 3 is 2.45 bits per heavy atom. The SMILES string of the molecule is NC(=O)CC(O)C(O)c1ccc(OC(F)(F)F)cc1Br. The zero-order valence-electron chi connectivity index (χ0n) is 9.89. The maximum atomic E-state index is 12.0. The molecule has 0 heterocycles. The van der Waals surface area contributed by atoms with Crippen molar-refractivity contribution in [3.8, 4) is 5.75 Å². The number of rotatable bonds is 5. The molecule has 0 bridgehead atoms. The van der Waals surface area contributed by atoms with E-state index in [0.29, 0.717) is 0 Å². The fourth-order valence-electron chi connectivity index (χ4n) is 1.47. The normalized spacial score (nSPS) is 14.7. The van der Waals surface area contributed by atoms with Gasteiger partial charge in [0.1, 0.15) is 11.9 Å². The molecule has 0 saturated carbocycles. The monoisotopic (exact) mass is 357 g/mol. The molecule has 5 nitrogen and oxygen atoms in total. The maximum Gasteiger partial charge on any atom is 0.573 e. The summed E-state index contributed by atoms with van der Waals surface area (Å²) in [5, 5.41) is 19.3. The van der Waals surface area contributed by atoms with Gasteiger partial charge in [-0.3, -0.25) is 4.79 Å². The third kappa shape index (κ3) is 4.99. The molecule has 1 amide bonds. The molecule has 112 valence electrons. The molecule has 4 N–H and O–H groups in total. The number of ether oxygens (including phenoxy) is 1. The highest BCUT2D eigenvalue weighted by Crippen LogP contribution is 2.32. The van der Waals surface area contributed by atoms with Crippen LogP contribution in [-0.4, -0.2) is 28.6 Å². The van der Waals surface area contributed by atoms with Crippen molar-refractivity contribution in [3.63, 3.8) is 0 Å². The van der Waals surface area contributed by atoms with Gasteiger partial charge >= 0.3 is 6.36 Å². The molecular formula is C11H11BrF3NO4. The minimum absolute atomic E-state index is 0.0928. The molecule has 0 fully saturated rings. The third-order valence-corrected chi connectivity index (χ3v) is 2.99. The van der Waals surface area contributed by atoms with Crippen LogP contribution >= 0.6 is 15.9 Å². The van der Waals surface area contributed by atoms with E-state index in [1.807, 2.05) is 0 Å². The Labute approximate surface area is 120 Å².